The second kappa shape index (κ2) is 2.67. The van der Waals surface area contributed by atoms with Crippen molar-refractivity contribution in [2.75, 3.05) is 0 Å². The molecule has 0 radical (unpaired) electrons. The highest BCUT2D eigenvalue weighted by Gasteiger charge is 2.43. The van der Waals surface area contributed by atoms with E-state index in [1.807, 2.05) is 13.0 Å². The van der Waals surface area contributed by atoms with E-state index in [4.69, 9.17) is 0 Å². The highest BCUT2D eigenvalue weighted by molar-refractivity contribution is 9.18. The van der Waals surface area contributed by atoms with Crippen molar-refractivity contribution in [2.45, 2.75) is 31.4 Å². The first-order chi connectivity index (χ1) is 5.59. The molecule has 0 bridgehead atoms. The van der Waals surface area contributed by atoms with Gasteiger partial charge in [-0.2, -0.15) is 0 Å². The Bertz CT molecular complexity index is 257. The monoisotopic (exact) mass is 229 g/mol. The normalized spacial score (nSPS) is 45.8. The summed E-state index contributed by atoms with van der Waals surface area (Å²) in [5, 5.41) is 9.95. The number of allylic oxidation sites excluding steroid dienone is 1. The Morgan fingerprint density at radius 2 is 2.50 bits per heavy atom. The minimum Gasteiger partial charge on any atom is -0.388 e. The zero-order chi connectivity index (χ0) is 8.77. The fourth-order valence-corrected chi connectivity index (χ4v) is 2.41. The van der Waals surface area contributed by atoms with E-state index >= 15 is 0 Å². The minimum absolute atomic E-state index is 0.0666. The van der Waals surface area contributed by atoms with E-state index in [9.17, 15) is 5.11 Å². The van der Waals surface area contributed by atoms with Gasteiger partial charge in [0.2, 0.25) is 0 Å². The van der Waals surface area contributed by atoms with Crippen LogP contribution in [0.15, 0.2) is 17.1 Å². The zero-order valence-electron chi connectivity index (χ0n) is 7.00. The predicted molar refractivity (Wildman–Crippen MR) is 52.6 cm³/mol. The minimum atomic E-state index is -0.603. The van der Waals surface area contributed by atoms with Gasteiger partial charge in [0.1, 0.15) is 4.62 Å². The second-order valence-corrected chi connectivity index (χ2v) is 4.63. The molecule has 0 aromatic carbocycles. The first kappa shape index (κ1) is 8.45. The Kier molecular flexibility index (Phi) is 1.88. The van der Waals surface area contributed by atoms with Gasteiger partial charge in [-0.05, 0) is 41.8 Å². The summed E-state index contributed by atoms with van der Waals surface area (Å²) in [6, 6.07) is 0.0666. The Balaban J connectivity index is 2.29. The van der Waals surface area contributed by atoms with Crippen molar-refractivity contribution in [3.05, 3.63) is 12.2 Å². The molecule has 3 atom stereocenters. The van der Waals surface area contributed by atoms with Gasteiger partial charge in [0, 0.05) is 5.92 Å². The average Bonchev–Trinajstić information content (AvgIpc) is 2.28. The average molecular weight is 230 g/mol. The molecular formula is C9H12BrNO. The van der Waals surface area contributed by atoms with E-state index in [1.54, 1.807) is 0 Å². The molecule has 2 nitrogen and oxygen atoms in total. The predicted octanol–water partition coefficient (Wildman–Crippen LogP) is 1.88. The number of nitrogens with zero attached hydrogens (tertiary/aromatic N) is 1. The standard InChI is InChI=1S/C9H12BrNO/c1-9(12)5-4-6-2-3-7(10)11-8(6)9/h2-3,6,8,12H,4-5H2,1H3/t6?,8?,9-/m1/s1. The van der Waals surface area contributed by atoms with Crippen LogP contribution in [0.1, 0.15) is 19.8 Å². The maximum atomic E-state index is 9.95. The van der Waals surface area contributed by atoms with Crippen LogP contribution in [-0.2, 0) is 0 Å². The van der Waals surface area contributed by atoms with E-state index in [-0.39, 0.29) is 6.04 Å². The lowest BCUT2D eigenvalue weighted by atomic mass is 9.94. The number of hydrogen-bond acceptors (Lipinski definition) is 2. The number of dihydropyridines is 1. The largest absolute Gasteiger partial charge is 0.388 e. The van der Waals surface area contributed by atoms with E-state index in [0.29, 0.717) is 5.92 Å². The third kappa shape index (κ3) is 1.25. The molecule has 1 heterocycles. The van der Waals surface area contributed by atoms with Crippen molar-refractivity contribution in [1.29, 1.82) is 0 Å². The van der Waals surface area contributed by atoms with Crippen molar-refractivity contribution in [3.8, 4) is 0 Å². The molecule has 0 aromatic rings. The van der Waals surface area contributed by atoms with Gasteiger partial charge >= 0.3 is 0 Å². The lowest BCUT2D eigenvalue weighted by Crippen LogP contribution is -2.36. The molecule has 3 heteroatoms. The summed E-state index contributed by atoms with van der Waals surface area (Å²) in [6.07, 6.45) is 6.03. The molecule has 0 aromatic heterocycles. The van der Waals surface area contributed by atoms with Gasteiger partial charge in [-0.1, -0.05) is 6.08 Å². The molecule has 0 spiro atoms. The fraction of sp³-hybridized carbons (Fsp3) is 0.667. The summed E-state index contributed by atoms with van der Waals surface area (Å²) in [6.45, 7) is 1.88. The van der Waals surface area contributed by atoms with Gasteiger partial charge in [-0.15, -0.1) is 0 Å². The van der Waals surface area contributed by atoms with Crippen LogP contribution in [0.5, 0.6) is 0 Å². The topological polar surface area (TPSA) is 32.6 Å². The van der Waals surface area contributed by atoms with Crippen LogP contribution in [0.2, 0.25) is 0 Å². The van der Waals surface area contributed by atoms with Gasteiger partial charge in [0.15, 0.2) is 0 Å². The maximum absolute atomic E-state index is 9.95. The Labute approximate surface area is 80.5 Å². The molecule has 2 unspecified atom stereocenters. The summed E-state index contributed by atoms with van der Waals surface area (Å²) in [5.41, 5.74) is -0.603. The van der Waals surface area contributed by atoms with Crippen molar-refractivity contribution < 1.29 is 5.11 Å². The first-order valence-corrected chi connectivity index (χ1v) is 5.03. The summed E-state index contributed by atoms with van der Waals surface area (Å²) in [4.78, 5) is 4.39. The molecule has 2 rings (SSSR count). The molecule has 12 heavy (non-hydrogen) atoms. The summed E-state index contributed by atoms with van der Waals surface area (Å²) >= 11 is 3.33. The lowest BCUT2D eigenvalue weighted by molar-refractivity contribution is 0.0487. The number of aliphatic hydroxyl groups is 1. The van der Waals surface area contributed by atoms with E-state index < -0.39 is 5.60 Å². The number of rotatable bonds is 0. The van der Waals surface area contributed by atoms with Crippen LogP contribution >= 0.6 is 15.9 Å². The number of fused-ring (bicyclic) bond motifs is 1. The summed E-state index contributed by atoms with van der Waals surface area (Å²) in [5.74, 6) is 0.446. The molecule has 1 aliphatic heterocycles. The van der Waals surface area contributed by atoms with Crippen molar-refractivity contribution >= 4 is 20.6 Å². The van der Waals surface area contributed by atoms with E-state index in [1.165, 1.54) is 0 Å². The highest BCUT2D eigenvalue weighted by Crippen LogP contribution is 2.39. The second-order valence-electron chi connectivity index (χ2n) is 3.82. The first-order valence-electron chi connectivity index (χ1n) is 4.23. The number of hydrogen-bond donors (Lipinski definition) is 1. The molecule has 1 aliphatic carbocycles. The van der Waals surface area contributed by atoms with Gasteiger partial charge in [0.05, 0.1) is 11.6 Å². The van der Waals surface area contributed by atoms with Crippen LogP contribution in [0, 0.1) is 5.92 Å². The van der Waals surface area contributed by atoms with Crippen LogP contribution in [-0.4, -0.2) is 21.4 Å². The molecule has 1 N–H and O–H groups in total. The van der Waals surface area contributed by atoms with Gasteiger partial charge < -0.3 is 5.11 Å². The summed E-state index contributed by atoms with van der Waals surface area (Å²) in [7, 11) is 0. The fourth-order valence-electron chi connectivity index (χ4n) is 2.04. The van der Waals surface area contributed by atoms with Crippen LogP contribution in [0.4, 0.5) is 0 Å². The third-order valence-corrected chi connectivity index (χ3v) is 3.24. The maximum Gasteiger partial charge on any atom is 0.100 e. The molecule has 66 valence electrons. The summed E-state index contributed by atoms with van der Waals surface area (Å²) < 4.78 is 0.853. The van der Waals surface area contributed by atoms with Gasteiger partial charge in [0.25, 0.3) is 0 Å². The van der Waals surface area contributed by atoms with Crippen molar-refractivity contribution in [1.82, 2.24) is 0 Å². The SMILES string of the molecule is C[C@@]1(O)CCC2C=CC(Br)=NC21. The highest BCUT2D eigenvalue weighted by atomic mass is 79.9. The Morgan fingerprint density at radius 3 is 3.25 bits per heavy atom. The molecule has 1 fully saturated rings. The van der Waals surface area contributed by atoms with Gasteiger partial charge in [-0.3, -0.25) is 4.99 Å². The van der Waals surface area contributed by atoms with Gasteiger partial charge in [-0.25, -0.2) is 0 Å². The molecule has 2 aliphatic rings. The van der Waals surface area contributed by atoms with E-state index in [2.05, 4.69) is 27.0 Å². The van der Waals surface area contributed by atoms with Crippen molar-refractivity contribution in [3.63, 3.8) is 0 Å². The van der Waals surface area contributed by atoms with E-state index in [0.717, 1.165) is 17.5 Å². The molecule has 1 saturated carbocycles. The quantitative estimate of drug-likeness (QED) is 0.677. The third-order valence-electron chi connectivity index (χ3n) is 2.77. The Morgan fingerprint density at radius 1 is 1.75 bits per heavy atom. The van der Waals surface area contributed by atoms with Crippen LogP contribution < -0.4 is 0 Å². The number of aliphatic imine (C=N–C) groups is 1. The molecular weight excluding hydrogens is 218 g/mol. The van der Waals surface area contributed by atoms with Crippen LogP contribution in [0.3, 0.4) is 0 Å². The lowest BCUT2D eigenvalue weighted by Gasteiger charge is -2.26. The molecule has 0 amide bonds. The Hall–Kier alpha value is -0.150. The van der Waals surface area contributed by atoms with Crippen LogP contribution in [0.25, 0.3) is 0 Å². The number of halogens is 1. The zero-order valence-corrected chi connectivity index (χ0v) is 8.58. The molecule has 0 saturated heterocycles. The van der Waals surface area contributed by atoms with Crippen molar-refractivity contribution in [2.24, 2.45) is 10.9 Å². The smallest absolute Gasteiger partial charge is 0.100 e.